The number of hydrogen-bond donors (Lipinski definition) is 3. The zero-order chi connectivity index (χ0) is 31.6. The van der Waals surface area contributed by atoms with Crippen LogP contribution in [0.5, 0.6) is 0 Å². The van der Waals surface area contributed by atoms with E-state index in [1.807, 2.05) is 0 Å². The number of piperazine rings is 1. The lowest BCUT2D eigenvalue weighted by Crippen LogP contribution is -2.51. The first kappa shape index (κ1) is 29.4. The molecule has 3 atom stereocenters. The van der Waals surface area contributed by atoms with Gasteiger partial charge in [0.15, 0.2) is 11.5 Å². The summed E-state index contributed by atoms with van der Waals surface area (Å²) in [5, 5.41) is 11.8. The molecule has 4 heterocycles. The number of piperidine rings is 1. The van der Waals surface area contributed by atoms with Crippen LogP contribution in [-0.2, 0) is 24.4 Å². The van der Waals surface area contributed by atoms with Gasteiger partial charge >= 0.3 is 6.18 Å². The van der Waals surface area contributed by atoms with Gasteiger partial charge in [0.1, 0.15) is 5.82 Å². The Hall–Kier alpha value is -4.27. The molecule has 2 aliphatic carbocycles. The van der Waals surface area contributed by atoms with Crippen LogP contribution in [0.15, 0.2) is 24.4 Å². The van der Waals surface area contributed by atoms with Crippen molar-refractivity contribution in [1.29, 1.82) is 0 Å². The SMILES string of the molecule is Cn1c(-c2c(C(F)(F)F)n[nH]c2CC2CC2)cnc1C(=O)Nc1ccc(C(=O)N2CCN(C(=O)C3[C@H]4CNC[C@@H]34)CC2)c(F)c1. The Kier molecular flexibility index (Phi) is 7.17. The summed E-state index contributed by atoms with van der Waals surface area (Å²) in [6.07, 6.45) is -1.26. The molecule has 3 amide bonds. The lowest BCUT2D eigenvalue weighted by molar-refractivity contribution is -0.140. The molecule has 3 N–H and O–H groups in total. The molecule has 0 spiro atoms. The fraction of sp³-hybridized carbons (Fsp3) is 0.500. The summed E-state index contributed by atoms with van der Waals surface area (Å²) in [4.78, 5) is 46.4. The van der Waals surface area contributed by atoms with Crippen molar-refractivity contribution in [2.45, 2.75) is 25.4 Å². The van der Waals surface area contributed by atoms with Gasteiger partial charge in [0.25, 0.3) is 11.8 Å². The summed E-state index contributed by atoms with van der Waals surface area (Å²) in [6, 6.07) is 3.67. The quantitative estimate of drug-likeness (QED) is 0.346. The maximum atomic E-state index is 15.1. The largest absolute Gasteiger partial charge is 0.435 e. The number of halogens is 4. The van der Waals surface area contributed by atoms with Crippen molar-refractivity contribution in [3.05, 3.63) is 53.0 Å². The monoisotopic (exact) mass is 628 g/mol. The van der Waals surface area contributed by atoms with Crippen molar-refractivity contribution in [1.82, 2.24) is 34.9 Å². The Morgan fingerprint density at radius 3 is 2.38 bits per heavy atom. The third kappa shape index (κ3) is 5.47. The Morgan fingerprint density at radius 1 is 1.04 bits per heavy atom. The number of carbonyl (C=O) groups excluding carboxylic acids is 3. The van der Waals surface area contributed by atoms with E-state index in [9.17, 15) is 27.6 Å². The van der Waals surface area contributed by atoms with Gasteiger partial charge in [0.2, 0.25) is 5.91 Å². The molecule has 2 aromatic heterocycles. The topological polar surface area (TPSA) is 128 Å². The molecule has 2 aliphatic heterocycles. The molecule has 4 aliphatic rings. The van der Waals surface area contributed by atoms with E-state index in [0.29, 0.717) is 50.1 Å². The van der Waals surface area contributed by atoms with E-state index >= 15 is 4.39 Å². The minimum atomic E-state index is -4.71. The third-order valence-corrected chi connectivity index (χ3v) is 9.46. The number of anilines is 1. The number of hydrogen-bond acceptors (Lipinski definition) is 6. The minimum absolute atomic E-state index is 0.0483. The number of amides is 3. The maximum absolute atomic E-state index is 15.1. The van der Waals surface area contributed by atoms with Gasteiger partial charge in [-0.05, 0) is 68.3 Å². The predicted octanol–water partition coefficient (Wildman–Crippen LogP) is 2.92. The number of carbonyl (C=O) groups is 3. The number of nitrogens with zero attached hydrogens (tertiary/aromatic N) is 5. The molecule has 15 heteroatoms. The first-order chi connectivity index (χ1) is 21.5. The zero-order valence-electron chi connectivity index (χ0n) is 24.5. The summed E-state index contributed by atoms with van der Waals surface area (Å²) in [5.41, 5.74) is -0.938. The number of aromatic nitrogens is 4. The summed E-state index contributed by atoms with van der Waals surface area (Å²) >= 11 is 0. The second-order valence-corrected chi connectivity index (χ2v) is 12.4. The Bertz CT molecular complexity index is 1660. The first-order valence-corrected chi connectivity index (χ1v) is 15.1. The van der Waals surface area contributed by atoms with Crippen molar-refractivity contribution in [3.63, 3.8) is 0 Å². The van der Waals surface area contributed by atoms with Gasteiger partial charge in [0.05, 0.1) is 23.0 Å². The van der Waals surface area contributed by atoms with Crippen LogP contribution < -0.4 is 10.6 Å². The average Bonchev–Trinajstić information content (AvgIpc) is 3.76. The molecule has 1 aromatic carbocycles. The van der Waals surface area contributed by atoms with Crippen molar-refractivity contribution >= 4 is 23.4 Å². The van der Waals surface area contributed by atoms with E-state index in [1.54, 1.807) is 4.90 Å². The van der Waals surface area contributed by atoms with Crippen LogP contribution in [0, 0.1) is 29.5 Å². The zero-order valence-corrected chi connectivity index (χ0v) is 24.5. The van der Waals surface area contributed by atoms with E-state index in [4.69, 9.17) is 0 Å². The molecule has 7 rings (SSSR count). The molecule has 238 valence electrons. The number of alkyl halides is 3. The second-order valence-electron chi connectivity index (χ2n) is 12.4. The molecule has 2 saturated carbocycles. The van der Waals surface area contributed by atoms with Gasteiger partial charge in [-0.1, -0.05) is 0 Å². The molecular weight excluding hydrogens is 596 g/mol. The van der Waals surface area contributed by atoms with E-state index in [0.717, 1.165) is 32.0 Å². The highest BCUT2D eigenvalue weighted by molar-refractivity contribution is 6.03. The summed E-state index contributed by atoms with van der Waals surface area (Å²) in [7, 11) is 1.43. The average molecular weight is 629 g/mol. The fourth-order valence-electron chi connectivity index (χ4n) is 6.72. The molecule has 4 fully saturated rings. The fourth-order valence-corrected chi connectivity index (χ4v) is 6.72. The molecule has 2 saturated heterocycles. The van der Waals surface area contributed by atoms with Crippen LogP contribution in [0.2, 0.25) is 0 Å². The lowest BCUT2D eigenvalue weighted by Gasteiger charge is -2.35. The van der Waals surface area contributed by atoms with Crippen LogP contribution in [-0.4, -0.2) is 86.5 Å². The van der Waals surface area contributed by atoms with Crippen LogP contribution in [0.4, 0.5) is 23.2 Å². The van der Waals surface area contributed by atoms with Crippen molar-refractivity contribution in [2.24, 2.45) is 30.7 Å². The number of aromatic amines is 1. The van der Waals surface area contributed by atoms with E-state index < -0.39 is 29.5 Å². The Balaban J connectivity index is 1.01. The van der Waals surface area contributed by atoms with Crippen LogP contribution >= 0.6 is 0 Å². The molecule has 11 nitrogen and oxygen atoms in total. The maximum Gasteiger partial charge on any atom is 0.435 e. The highest BCUT2D eigenvalue weighted by atomic mass is 19.4. The summed E-state index contributed by atoms with van der Waals surface area (Å²) < 4.78 is 57.7. The van der Waals surface area contributed by atoms with Gasteiger partial charge in [0, 0.05) is 50.5 Å². The highest BCUT2D eigenvalue weighted by Crippen LogP contribution is 2.49. The van der Waals surface area contributed by atoms with Crippen molar-refractivity contribution in [3.8, 4) is 11.3 Å². The van der Waals surface area contributed by atoms with E-state index in [-0.39, 0.29) is 46.1 Å². The van der Waals surface area contributed by atoms with Gasteiger partial charge in [-0.25, -0.2) is 9.37 Å². The number of imidazole rings is 1. The van der Waals surface area contributed by atoms with Gasteiger partial charge in [-0.3, -0.25) is 19.5 Å². The second kappa shape index (κ2) is 11.0. The standard InChI is InChI=1S/C30H32F4N8O3/c1-40-22(24-21(10-15-2-3-15)38-39-25(24)30(32,33)34)14-36-26(40)27(43)37-16-4-5-17(20(31)11-16)28(44)41-6-8-42(9-7-41)29(45)23-18-12-35-13-19(18)23/h4-5,11,14-15,18-19,23,35H,2-3,6-10,12-13H2,1H3,(H,37,43)(H,38,39)/t18-,19+,23?. The molecule has 0 bridgehead atoms. The van der Waals surface area contributed by atoms with E-state index in [1.165, 1.54) is 34.8 Å². The third-order valence-electron chi connectivity index (χ3n) is 9.46. The van der Waals surface area contributed by atoms with Crippen LogP contribution in [0.1, 0.15) is 45.2 Å². The van der Waals surface area contributed by atoms with Gasteiger partial charge in [-0.15, -0.1) is 0 Å². The first-order valence-electron chi connectivity index (χ1n) is 15.1. The normalized spacial score (nSPS) is 22.8. The van der Waals surface area contributed by atoms with Gasteiger partial charge in [-0.2, -0.15) is 18.3 Å². The van der Waals surface area contributed by atoms with Crippen LogP contribution in [0.3, 0.4) is 0 Å². The lowest BCUT2D eigenvalue weighted by atomic mass is 10.1. The van der Waals surface area contributed by atoms with Crippen molar-refractivity contribution in [2.75, 3.05) is 44.6 Å². The minimum Gasteiger partial charge on any atom is -0.339 e. The number of benzene rings is 1. The van der Waals surface area contributed by atoms with E-state index in [2.05, 4.69) is 25.8 Å². The van der Waals surface area contributed by atoms with Crippen molar-refractivity contribution < 1.29 is 31.9 Å². The molecule has 3 aromatic rings. The molecule has 1 unspecified atom stereocenters. The van der Waals surface area contributed by atoms with Crippen LogP contribution in [0.25, 0.3) is 11.3 Å². The Labute approximate surface area is 255 Å². The predicted molar refractivity (Wildman–Crippen MR) is 152 cm³/mol. The smallest absolute Gasteiger partial charge is 0.339 e. The summed E-state index contributed by atoms with van der Waals surface area (Å²) in [5.74, 6) is -0.997. The Morgan fingerprint density at radius 2 is 1.73 bits per heavy atom. The highest BCUT2D eigenvalue weighted by Gasteiger charge is 2.58. The molecule has 45 heavy (non-hydrogen) atoms. The number of fused-ring (bicyclic) bond motifs is 1. The summed E-state index contributed by atoms with van der Waals surface area (Å²) in [6.45, 7) is 3.10. The number of rotatable bonds is 7. The number of nitrogens with one attached hydrogen (secondary N) is 3. The molecule has 0 radical (unpaired) electrons. The molecular formula is C30H32F4N8O3. The van der Waals surface area contributed by atoms with Gasteiger partial charge < -0.3 is 25.0 Å². The number of H-pyrrole nitrogens is 1.